The van der Waals surface area contributed by atoms with Gasteiger partial charge in [0.1, 0.15) is 4.90 Å². The maximum atomic E-state index is 13.8. The summed E-state index contributed by atoms with van der Waals surface area (Å²) < 4.78 is 93.7. The first-order valence-corrected chi connectivity index (χ1v) is 11.3. The van der Waals surface area contributed by atoms with Gasteiger partial charge in [0.05, 0.1) is 10.6 Å². The van der Waals surface area contributed by atoms with Crippen LogP contribution >= 0.6 is 0 Å². The minimum Gasteiger partial charge on any atom is -0.279 e. The Balaban J connectivity index is 1.92. The zero-order valence-corrected chi connectivity index (χ0v) is 16.2. The van der Waals surface area contributed by atoms with Crippen LogP contribution in [0, 0.1) is 17.5 Å². The van der Waals surface area contributed by atoms with Gasteiger partial charge in [-0.2, -0.15) is 4.31 Å². The highest BCUT2D eigenvalue weighted by Crippen LogP contribution is 2.26. The van der Waals surface area contributed by atoms with Crippen molar-refractivity contribution in [2.45, 2.75) is 29.1 Å². The van der Waals surface area contributed by atoms with Crippen molar-refractivity contribution in [2.75, 3.05) is 17.8 Å². The van der Waals surface area contributed by atoms with Gasteiger partial charge < -0.3 is 0 Å². The smallest absolute Gasteiger partial charge is 0.264 e. The van der Waals surface area contributed by atoms with E-state index in [0.717, 1.165) is 25.3 Å². The molecule has 1 aliphatic rings. The number of sulfonamides is 2. The van der Waals surface area contributed by atoms with E-state index >= 15 is 0 Å². The molecule has 28 heavy (non-hydrogen) atoms. The predicted octanol–water partition coefficient (Wildman–Crippen LogP) is 3.08. The summed E-state index contributed by atoms with van der Waals surface area (Å²) in [4.78, 5) is -1.21. The summed E-state index contributed by atoms with van der Waals surface area (Å²) in [7, 11) is -8.42. The number of hydrogen-bond acceptors (Lipinski definition) is 4. The lowest BCUT2D eigenvalue weighted by molar-refractivity contribution is 0.346. The number of hydrogen-bond donors (Lipinski definition) is 1. The van der Waals surface area contributed by atoms with Crippen LogP contribution in [0.25, 0.3) is 0 Å². The Morgan fingerprint density at radius 1 is 0.857 bits per heavy atom. The van der Waals surface area contributed by atoms with Gasteiger partial charge in [-0.3, -0.25) is 4.72 Å². The Morgan fingerprint density at radius 2 is 1.54 bits per heavy atom. The molecule has 0 bridgehead atoms. The second-order valence-electron chi connectivity index (χ2n) is 6.27. The van der Waals surface area contributed by atoms with Crippen molar-refractivity contribution < 1.29 is 30.0 Å². The van der Waals surface area contributed by atoms with Crippen LogP contribution < -0.4 is 4.72 Å². The number of rotatable bonds is 5. The van der Waals surface area contributed by atoms with E-state index < -0.39 is 42.4 Å². The van der Waals surface area contributed by atoms with Crippen LogP contribution in [0.5, 0.6) is 0 Å². The summed E-state index contributed by atoms with van der Waals surface area (Å²) in [5.74, 6) is -5.29. The molecule has 0 spiro atoms. The number of anilines is 1. The molecule has 0 atom stereocenters. The molecule has 152 valence electrons. The molecule has 1 aliphatic heterocycles. The number of halogens is 3. The molecule has 0 radical (unpaired) electrons. The average Bonchev–Trinajstić information content (AvgIpc) is 2.66. The molecule has 2 aromatic carbocycles. The van der Waals surface area contributed by atoms with E-state index in [1.165, 1.54) is 22.5 Å². The van der Waals surface area contributed by atoms with Gasteiger partial charge in [0, 0.05) is 13.1 Å². The Bertz CT molecular complexity index is 1100. The second kappa shape index (κ2) is 7.72. The van der Waals surface area contributed by atoms with Gasteiger partial charge >= 0.3 is 0 Å². The molecule has 11 heteroatoms. The van der Waals surface area contributed by atoms with E-state index in [1.54, 1.807) is 0 Å². The van der Waals surface area contributed by atoms with Gasteiger partial charge in [0.15, 0.2) is 17.5 Å². The fraction of sp³-hybridized carbons (Fsp3) is 0.294. The first-order chi connectivity index (χ1) is 13.1. The summed E-state index contributed by atoms with van der Waals surface area (Å²) in [6.45, 7) is 0.747. The molecule has 1 heterocycles. The van der Waals surface area contributed by atoms with Crippen molar-refractivity contribution in [2.24, 2.45) is 0 Å². The molecule has 0 aliphatic carbocycles. The lowest BCUT2D eigenvalue weighted by Gasteiger charge is -2.26. The summed E-state index contributed by atoms with van der Waals surface area (Å²) >= 11 is 0. The van der Waals surface area contributed by atoms with Crippen molar-refractivity contribution in [1.82, 2.24) is 4.31 Å². The number of piperidine rings is 1. The fourth-order valence-electron chi connectivity index (χ4n) is 2.90. The predicted molar refractivity (Wildman–Crippen MR) is 96.2 cm³/mol. The molecule has 6 nitrogen and oxygen atoms in total. The van der Waals surface area contributed by atoms with Crippen LogP contribution in [0.15, 0.2) is 46.2 Å². The summed E-state index contributed by atoms with van der Waals surface area (Å²) in [6.07, 6.45) is 2.41. The number of nitrogens with zero attached hydrogens (tertiary/aromatic N) is 1. The second-order valence-corrected chi connectivity index (χ2v) is 9.86. The Labute approximate surface area is 161 Å². The largest absolute Gasteiger partial charge is 0.279 e. The topological polar surface area (TPSA) is 83.5 Å². The standard InChI is InChI=1S/C17H17F3N2O4S2/c18-14-7-8-15(17(20)16(14)19)27(23,24)21-12-5-4-6-13(11-12)28(25,26)22-9-2-1-3-10-22/h4-8,11,21H,1-3,9-10H2. The zero-order chi connectivity index (χ0) is 20.5. The van der Waals surface area contributed by atoms with Crippen molar-refractivity contribution in [1.29, 1.82) is 0 Å². The number of benzene rings is 2. The van der Waals surface area contributed by atoms with Crippen LogP contribution in [0.1, 0.15) is 19.3 Å². The monoisotopic (exact) mass is 434 g/mol. The van der Waals surface area contributed by atoms with E-state index in [1.807, 2.05) is 4.72 Å². The van der Waals surface area contributed by atoms with Gasteiger partial charge in [-0.25, -0.2) is 30.0 Å². The summed E-state index contributed by atoms with van der Waals surface area (Å²) in [5, 5.41) is 0. The lowest BCUT2D eigenvalue weighted by atomic mass is 10.2. The fourth-order valence-corrected chi connectivity index (χ4v) is 5.58. The van der Waals surface area contributed by atoms with Crippen LogP contribution in [-0.2, 0) is 20.0 Å². The maximum absolute atomic E-state index is 13.8. The third kappa shape index (κ3) is 4.01. The number of nitrogens with one attached hydrogen (secondary N) is 1. The van der Waals surface area contributed by atoms with Crippen LogP contribution in [0.4, 0.5) is 18.9 Å². The van der Waals surface area contributed by atoms with Crippen molar-refractivity contribution in [3.63, 3.8) is 0 Å². The van der Waals surface area contributed by atoms with Crippen LogP contribution in [0.3, 0.4) is 0 Å². The minimum atomic E-state index is -4.61. The van der Waals surface area contributed by atoms with E-state index in [2.05, 4.69) is 0 Å². The molecule has 1 fully saturated rings. The van der Waals surface area contributed by atoms with Crippen LogP contribution in [0.2, 0.25) is 0 Å². The summed E-state index contributed by atoms with van der Waals surface area (Å²) in [6, 6.07) is 6.09. The highest BCUT2D eigenvalue weighted by atomic mass is 32.2. The zero-order valence-electron chi connectivity index (χ0n) is 14.5. The van der Waals surface area contributed by atoms with E-state index in [-0.39, 0.29) is 10.6 Å². The molecule has 2 aromatic rings. The highest BCUT2D eigenvalue weighted by molar-refractivity contribution is 7.92. The highest BCUT2D eigenvalue weighted by Gasteiger charge is 2.27. The van der Waals surface area contributed by atoms with Crippen molar-refractivity contribution in [3.05, 3.63) is 53.8 Å². The Kier molecular flexibility index (Phi) is 5.69. The van der Waals surface area contributed by atoms with Crippen molar-refractivity contribution >= 4 is 25.7 Å². The van der Waals surface area contributed by atoms with Crippen molar-refractivity contribution in [3.8, 4) is 0 Å². The van der Waals surface area contributed by atoms with E-state index in [0.29, 0.717) is 25.2 Å². The minimum absolute atomic E-state index is 0.125. The molecule has 0 saturated carbocycles. The van der Waals surface area contributed by atoms with Gasteiger partial charge in [0.25, 0.3) is 10.0 Å². The Hall–Kier alpha value is -2.11. The van der Waals surface area contributed by atoms with Gasteiger partial charge in [0.2, 0.25) is 10.0 Å². The molecule has 1 saturated heterocycles. The molecule has 0 unspecified atom stereocenters. The first kappa shape index (κ1) is 20.6. The van der Waals surface area contributed by atoms with Crippen LogP contribution in [-0.4, -0.2) is 34.2 Å². The Morgan fingerprint density at radius 3 is 2.21 bits per heavy atom. The lowest BCUT2D eigenvalue weighted by Crippen LogP contribution is -2.35. The first-order valence-electron chi connectivity index (χ1n) is 8.39. The molecule has 0 amide bonds. The summed E-state index contributed by atoms with van der Waals surface area (Å²) in [5.41, 5.74) is -0.151. The van der Waals surface area contributed by atoms with Gasteiger partial charge in [-0.15, -0.1) is 0 Å². The third-order valence-corrected chi connectivity index (χ3v) is 7.62. The third-order valence-electron chi connectivity index (χ3n) is 4.33. The molecule has 0 aromatic heterocycles. The van der Waals surface area contributed by atoms with E-state index in [9.17, 15) is 30.0 Å². The quantitative estimate of drug-likeness (QED) is 0.733. The molecule has 3 rings (SSSR count). The normalized spacial score (nSPS) is 16.1. The maximum Gasteiger partial charge on any atom is 0.264 e. The van der Waals surface area contributed by atoms with Gasteiger partial charge in [-0.1, -0.05) is 12.5 Å². The molecular formula is C17H17F3N2O4S2. The van der Waals surface area contributed by atoms with E-state index in [4.69, 9.17) is 0 Å². The molecule has 1 N–H and O–H groups in total. The van der Waals surface area contributed by atoms with Gasteiger partial charge in [-0.05, 0) is 43.2 Å². The SMILES string of the molecule is O=S(=O)(Nc1cccc(S(=O)(=O)N2CCCCC2)c1)c1ccc(F)c(F)c1F. The average molecular weight is 434 g/mol. The molecular weight excluding hydrogens is 417 g/mol.